The predicted molar refractivity (Wildman–Crippen MR) is 72.8 cm³/mol. The molecule has 0 bridgehead atoms. The van der Waals surface area contributed by atoms with Gasteiger partial charge in [-0.2, -0.15) is 0 Å². The van der Waals surface area contributed by atoms with Gasteiger partial charge in [-0.05, 0) is 6.92 Å². The number of nitrogens with two attached hydrogens (primary N) is 1. The number of Topliss-reactive ketones (excluding diaryl/α,β-unsaturated/α-hetero) is 1. The molecule has 0 aliphatic carbocycles. The van der Waals surface area contributed by atoms with E-state index in [-0.39, 0.29) is 5.78 Å². The third kappa shape index (κ3) is 1.85. The van der Waals surface area contributed by atoms with Gasteiger partial charge in [-0.25, -0.2) is 9.97 Å². The number of hydrogen-bond donors (Lipinski definition) is 1. The average Bonchev–Trinajstić information content (AvgIpc) is 2.84. The third-order valence-corrected chi connectivity index (χ3v) is 3.04. The molecule has 3 aromatic rings. The van der Waals surface area contributed by atoms with Gasteiger partial charge in [-0.15, -0.1) is 0 Å². The molecule has 2 N–H and O–H groups in total. The van der Waals surface area contributed by atoms with Crippen LogP contribution in [-0.2, 0) is 0 Å². The van der Waals surface area contributed by atoms with Gasteiger partial charge in [0.15, 0.2) is 5.78 Å². The number of imidazole rings is 1. The first-order valence-electron chi connectivity index (χ1n) is 5.85. The fourth-order valence-electron chi connectivity index (χ4n) is 2.05. The van der Waals surface area contributed by atoms with Crippen LogP contribution >= 0.6 is 0 Å². The van der Waals surface area contributed by atoms with Crippen LogP contribution in [0.2, 0.25) is 0 Å². The van der Waals surface area contributed by atoms with Gasteiger partial charge < -0.3 is 10.1 Å². The van der Waals surface area contributed by atoms with Gasteiger partial charge >= 0.3 is 0 Å². The Hall–Kier alpha value is -2.69. The van der Waals surface area contributed by atoms with Gasteiger partial charge in [0, 0.05) is 23.5 Å². The molecule has 0 aliphatic heterocycles. The van der Waals surface area contributed by atoms with Crippen LogP contribution in [0.25, 0.3) is 16.8 Å². The number of carbonyl (C=O) groups excluding carboxylic acids is 1. The molecule has 0 aliphatic rings. The minimum atomic E-state index is 0.0439. The second-order valence-electron chi connectivity index (χ2n) is 4.30. The summed E-state index contributed by atoms with van der Waals surface area (Å²) in [6.07, 6.45) is 5.13. The monoisotopic (exact) mass is 252 g/mol. The van der Waals surface area contributed by atoms with Crippen LogP contribution in [-0.4, -0.2) is 20.2 Å². The van der Waals surface area contributed by atoms with Crippen molar-refractivity contribution in [3.05, 3.63) is 48.5 Å². The molecule has 0 saturated heterocycles. The first kappa shape index (κ1) is 11.4. The van der Waals surface area contributed by atoms with Crippen LogP contribution in [0, 0.1) is 0 Å². The van der Waals surface area contributed by atoms with Crippen LogP contribution in [0.5, 0.6) is 0 Å². The van der Waals surface area contributed by atoms with E-state index < -0.39 is 0 Å². The molecule has 0 atom stereocenters. The van der Waals surface area contributed by atoms with Crippen molar-refractivity contribution in [1.29, 1.82) is 0 Å². The number of nitrogens with zero attached hydrogens (tertiary/aromatic N) is 3. The molecule has 1 aromatic carbocycles. The van der Waals surface area contributed by atoms with Crippen molar-refractivity contribution in [2.24, 2.45) is 0 Å². The Morgan fingerprint density at radius 3 is 2.63 bits per heavy atom. The SMILES string of the molecule is CC(=O)c1ccc(-c2ncn3ccnc(N)c23)cc1. The Morgan fingerprint density at radius 2 is 1.95 bits per heavy atom. The highest BCUT2D eigenvalue weighted by Gasteiger charge is 2.10. The molecule has 5 heteroatoms. The number of anilines is 1. The molecule has 5 nitrogen and oxygen atoms in total. The van der Waals surface area contributed by atoms with E-state index in [0.29, 0.717) is 11.4 Å². The number of hydrogen-bond acceptors (Lipinski definition) is 4. The Balaban J connectivity index is 2.16. The summed E-state index contributed by atoms with van der Waals surface area (Å²) in [5, 5.41) is 0. The van der Waals surface area contributed by atoms with Crippen LogP contribution in [0.3, 0.4) is 0 Å². The van der Waals surface area contributed by atoms with E-state index in [1.807, 2.05) is 16.5 Å². The van der Waals surface area contributed by atoms with Gasteiger partial charge in [-0.1, -0.05) is 24.3 Å². The summed E-state index contributed by atoms with van der Waals surface area (Å²) in [6.45, 7) is 1.54. The lowest BCUT2D eigenvalue weighted by Gasteiger charge is -2.02. The number of rotatable bonds is 2. The van der Waals surface area contributed by atoms with E-state index in [0.717, 1.165) is 16.8 Å². The van der Waals surface area contributed by atoms with Gasteiger partial charge in [0.25, 0.3) is 0 Å². The van der Waals surface area contributed by atoms with Gasteiger partial charge in [0.2, 0.25) is 0 Å². The Morgan fingerprint density at radius 1 is 1.21 bits per heavy atom. The molecule has 0 fully saturated rings. The maximum Gasteiger partial charge on any atom is 0.159 e. The lowest BCUT2D eigenvalue weighted by molar-refractivity contribution is 0.101. The highest BCUT2D eigenvalue weighted by atomic mass is 16.1. The van der Waals surface area contributed by atoms with Crippen molar-refractivity contribution in [1.82, 2.24) is 14.4 Å². The highest BCUT2D eigenvalue weighted by Crippen LogP contribution is 2.26. The average molecular weight is 252 g/mol. The smallest absolute Gasteiger partial charge is 0.159 e. The van der Waals surface area contributed by atoms with Crippen LogP contribution in [0.4, 0.5) is 5.82 Å². The molecule has 0 saturated carbocycles. The number of benzene rings is 1. The Bertz CT molecular complexity index is 759. The normalized spacial score (nSPS) is 10.8. The Kier molecular flexibility index (Phi) is 2.52. The number of ketones is 1. The zero-order valence-corrected chi connectivity index (χ0v) is 10.4. The van der Waals surface area contributed by atoms with E-state index in [2.05, 4.69) is 9.97 Å². The van der Waals surface area contributed by atoms with Crippen molar-refractivity contribution in [3.63, 3.8) is 0 Å². The lowest BCUT2D eigenvalue weighted by atomic mass is 10.1. The highest BCUT2D eigenvalue weighted by molar-refractivity contribution is 5.95. The van der Waals surface area contributed by atoms with E-state index >= 15 is 0 Å². The maximum atomic E-state index is 11.3. The van der Waals surface area contributed by atoms with E-state index in [1.54, 1.807) is 37.8 Å². The summed E-state index contributed by atoms with van der Waals surface area (Å²) in [4.78, 5) is 19.7. The van der Waals surface area contributed by atoms with Gasteiger partial charge in [-0.3, -0.25) is 4.79 Å². The van der Waals surface area contributed by atoms with Gasteiger partial charge in [0.05, 0.1) is 5.69 Å². The summed E-state index contributed by atoms with van der Waals surface area (Å²) < 4.78 is 1.83. The predicted octanol–water partition coefficient (Wildman–Crippen LogP) is 2.18. The molecule has 2 heterocycles. The van der Waals surface area contributed by atoms with Crippen LogP contribution in [0.1, 0.15) is 17.3 Å². The summed E-state index contributed by atoms with van der Waals surface area (Å²) in [7, 11) is 0. The van der Waals surface area contributed by atoms with Crippen molar-refractivity contribution in [2.75, 3.05) is 5.73 Å². The fourth-order valence-corrected chi connectivity index (χ4v) is 2.05. The second kappa shape index (κ2) is 4.20. The molecular formula is C14H12N4O. The molecule has 0 spiro atoms. The first-order chi connectivity index (χ1) is 9.16. The minimum Gasteiger partial charge on any atom is -0.382 e. The summed E-state index contributed by atoms with van der Waals surface area (Å²) >= 11 is 0. The number of carbonyl (C=O) groups is 1. The van der Waals surface area contributed by atoms with Crippen LogP contribution < -0.4 is 5.73 Å². The second-order valence-corrected chi connectivity index (χ2v) is 4.30. The molecule has 19 heavy (non-hydrogen) atoms. The molecule has 0 radical (unpaired) electrons. The van der Waals surface area contributed by atoms with Crippen molar-refractivity contribution >= 4 is 17.1 Å². The quantitative estimate of drug-likeness (QED) is 0.709. The van der Waals surface area contributed by atoms with E-state index in [9.17, 15) is 4.79 Å². The number of fused-ring (bicyclic) bond motifs is 1. The molecule has 0 unspecified atom stereocenters. The minimum absolute atomic E-state index is 0.0439. The third-order valence-electron chi connectivity index (χ3n) is 3.04. The molecule has 3 rings (SSSR count). The molecule has 2 aromatic heterocycles. The van der Waals surface area contributed by atoms with E-state index in [4.69, 9.17) is 5.73 Å². The standard InChI is InChI=1S/C14H12N4O/c1-9(19)10-2-4-11(5-3-10)12-13-14(15)16-6-7-18(13)8-17-12/h2-8H,1H3,(H2,15,16). The topological polar surface area (TPSA) is 73.3 Å². The molecule has 0 amide bonds. The number of nitrogen functional groups attached to an aromatic ring is 1. The fraction of sp³-hybridized carbons (Fsp3) is 0.0714. The lowest BCUT2D eigenvalue weighted by Crippen LogP contribution is -1.95. The maximum absolute atomic E-state index is 11.3. The summed E-state index contributed by atoms with van der Waals surface area (Å²) in [5.74, 6) is 0.480. The van der Waals surface area contributed by atoms with Gasteiger partial charge in [0.1, 0.15) is 17.7 Å². The first-order valence-corrected chi connectivity index (χ1v) is 5.85. The summed E-state index contributed by atoms with van der Waals surface area (Å²) in [5.41, 5.74) is 9.02. The largest absolute Gasteiger partial charge is 0.382 e. The Labute approximate surface area is 109 Å². The zero-order chi connectivity index (χ0) is 13.4. The van der Waals surface area contributed by atoms with Crippen molar-refractivity contribution < 1.29 is 4.79 Å². The van der Waals surface area contributed by atoms with Crippen LogP contribution in [0.15, 0.2) is 43.0 Å². The van der Waals surface area contributed by atoms with Crippen molar-refractivity contribution in [2.45, 2.75) is 6.92 Å². The number of aromatic nitrogens is 3. The van der Waals surface area contributed by atoms with Crippen molar-refractivity contribution in [3.8, 4) is 11.3 Å². The summed E-state index contributed by atoms with van der Waals surface area (Å²) in [6, 6.07) is 7.31. The molecular weight excluding hydrogens is 240 g/mol. The van der Waals surface area contributed by atoms with E-state index in [1.165, 1.54) is 0 Å². The molecule has 94 valence electrons. The zero-order valence-electron chi connectivity index (χ0n) is 10.4.